The monoisotopic (exact) mass is 267 g/mol. The number of piperidine rings is 1. The molecule has 0 unspecified atom stereocenters. The number of hydrogen-bond donors (Lipinski definition) is 1. The van der Waals surface area contributed by atoms with Crippen LogP contribution in [0.1, 0.15) is 43.5 Å². The van der Waals surface area contributed by atoms with Crippen LogP contribution in [0, 0.1) is 0 Å². The predicted molar refractivity (Wildman–Crippen MR) is 72.1 cm³/mol. The number of carbonyl (C=O) groups is 1. The molecule has 1 aromatic carbocycles. The number of likely N-dealkylation sites (tertiary alicyclic amines) is 1. The lowest BCUT2D eigenvalue weighted by atomic mass is 9.96. The van der Waals surface area contributed by atoms with Crippen molar-refractivity contribution in [1.29, 1.82) is 0 Å². The summed E-state index contributed by atoms with van der Waals surface area (Å²) >= 11 is 5.78. The van der Waals surface area contributed by atoms with Gasteiger partial charge in [0.05, 0.1) is 5.56 Å². The summed E-state index contributed by atoms with van der Waals surface area (Å²) in [7, 11) is 0. The van der Waals surface area contributed by atoms with Crippen molar-refractivity contribution in [3.8, 4) is 5.75 Å². The molecule has 1 N–H and O–H groups in total. The van der Waals surface area contributed by atoms with Crippen LogP contribution in [0.2, 0.25) is 5.02 Å². The van der Waals surface area contributed by atoms with Gasteiger partial charge in [-0.1, -0.05) is 11.6 Å². The fraction of sp³-hybridized carbons (Fsp3) is 0.500. The van der Waals surface area contributed by atoms with Crippen LogP contribution in [0.25, 0.3) is 0 Å². The minimum absolute atomic E-state index is 0.0440. The normalized spacial score (nSPS) is 24.1. The van der Waals surface area contributed by atoms with E-state index in [1.807, 2.05) is 4.90 Å². The van der Waals surface area contributed by atoms with Crippen LogP contribution in [-0.4, -0.2) is 28.0 Å². The number of nitrogens with zero attached hydrogens (tertiary/aromatic N) is 1. The predicted octanol–water partition coefficient (Wildman–Crippen LogP) is 3.45. The fourth-order valence-corrected chi connectivity index (χ4v) is 2.81. The summed E-state index contributed by atoms with van der Waals surface area (Å²) in [5.41, 5.74) is 0.333. The molecule has 2 rings (SSSR count). The van der Waals surface area contributed by atoms with Gasteiger partial charge in [-0.25, -0.2) is 0 Å². The van der Waals surface area contributed by atoms with Crippen molar-refractivity contribution in [2.24, 2.45) is 0 Å². The average Bonchev–Trinajstić information content (AvgIpc) is 2.28. The van der Waals surface area contributed by atoms with Gasteiger partial charge in [-0.15, -0.1) is 0 Å². The van der Waals surface area contributed by atoms with Crippen LogP contribution in [0.3, 0.4) is 0 Å². The van der Waals surface area contributed by atoms with E-state index in [0.717, 1.165) is 19.3 Å². The Labute approximate surface area is 112 Å². The molecule has 2 atom stereocenters. The Morgan fingerprint density at radius 2 is 1.94 bits per heavy atom. The molecule has 1 aliphatic heterocycles. The molecular weight excluding hydrogens is 250 g/mol. The molecule has 1 amide bonds. The number of hydrogen-bond acceptors (Lipinski definition) is 2. The molecule has 0 aliphatic carbocycles. The third kappa shape index (κ3) is 2.46. The van der Waals surface area contributed by atoms with E-state index >= 15 is 0 Å². The average molecular weight is 268 g/mol. The van der Waals surface area contributed by atoms with Crippen molar-refractivity contribution in [1.82, 2.24) is 4.90 Å². The number of aromatic hydroxyl groups is 1. The molecule has 4 heteroatoms. The molecule has 1 aromatic rings. The van der Waals surface area contributed by atoms with Gasteiger partial charge in [0.1, 0.15) is 5.75 Å². The maximum atomic E-state index is 12.5. The Hall–Kier alpha value is -1.22. The zero-order valence-corrected chi connectivity index (χ0v) is 11.4. The highest BCUT2D eigenvalue weighted by Crippen LogP contribution is 2.28. The summed E-state index contributed by atoms with van der Waals surface area (Å²) in [5.74, 6) is -0.152. The fourth-order valence-electron chi connectivity index (χ4n) is 2.65. The molecule has 1 fully saturated rings. The van der Waals surface area contributed by atoms with E-state index in [1.54, 1.807) is 12.1 Å². The summed E-state index contributed by atoms with van der Waals surface area (Å²) < 4.78 is 0. The second kappa shape index (κ2) is 5.19. The van der Waals surface area contributed by atoms with Gasteiger partial charge in [0.2, 0.25) is 0 Å². The first-order valence-corrected chi connectivity index (χ1v) is 6.69. The van der Waals surface area contributed by atoms with Crippen molar-refractivity contribution in [3.63, 3.8) is 0 Å². The van der Waals surface area contributed by atoms with E-state index in [9.17, 15) is 9.90 Å². The van der Waals surface area contributed by atoms with E-state index in [0.29, 0.717) is 10.6 Å². The standard InChI is InChI=1S/C14H18ClNO2/c1-9-4-3-5-10(2)16(9)14(18)12-7-6-11(15)8-13(12)17/h6-10,17H,3-5H2,1-2H3/t9-,10+. The van der Waals surface area contributed by atoms with E-state index < -0.39 is 0 Å². The number of halogens is 1. The smallest absolute Gasteiger partial charge is 0.258 e. The Kier molecular flexibility index (Phi) is 3.81. The molecule has 0 saturated carbocycles. The van der Waals surface area contributed by atoms with Crippen LogP contribution in [0.4, 0.5) is 0 Å². The zero-order valence-electron chi connectivity index (χ0n) is 10.7. The van der Waals surface area contributed by atoms with Gasteiger partial charge in [0, 0.05) is 17.1 Å². The highest BCUT2D eigenvalue weighted by molar-refractivity contribution is 6.30. The van der Waals surface area contributed by atoms with E-state index in [4.69, 9.17) is 11.6 Å². The van der Waals surface area contributed by atoms with Gasteiger partial charge in [-0.05, 0) is 51.3 Å². The molecule has 1 aliphatic rings. The first kappa shape index (κ1) is 13.2. The van der Waals surface area contributed by atoms with Crippen LogP contribution in [-0.2, 0) is 0 Å². The lowest BCUT2D eigenvalue weighted by Crippen LogP contribution is -2.47. The summed E-state index contributed by atoms with van der Waals surface area (Å²) in [6.07, 6.45) is 3.19. The molecule has 18 heavy (non-hydrogen) atoms. The molecule has 1 heterocycles. The first-order chi connectivity index (χ1) is 8.50. The van der Waals surface area contributed by atoms with Crippen molar-refractivity contribution in [3.05, 3.63) is 28.8 Å². The minimum Gasteiger partial charge on any atom is -0.507 e. The lowest BCUT2D eigenvalue weighted by molar-refractivity contribution is 0.0508. The topological polar surface area (TPSA) is 40.5 Å². The van der Waals surface area contributed by atoms with Gasteiger partial charge in [-0.3, -0.25) is 4.79 Å². The Balaban J connectivity index is 2.29. The second-order valence-corrected chi connectivity index (χ2v) is 5.44. The molecule has 0 radical (unpaired) electrons. The quantitative estimate of drug-likeness (QED) is 0.847. The lowest BCUT2D eigenvalue weighted by Gasteiger charge is -2.39. The van der Waals surface area contributed by atoms with Gasteiger partial charge in [0.15, 0.2) is 0 Å². The van der Waals surface area contributed by atoms with E-state index in [2.05, 4.69) is 13.8 Å². The van der Waals surface area contributed by atoms with Crippen molar-refractivity contribution in [2.75, 3.05) is 0 Å². The maximum absolute atomic E-state index is 12.5. The molecule has 3 nitrogen and oxygen atoms in total. The summed E-state index contributed by atoms with van der Waals surface area (Å²) in [4.78, 5) is 14.3. The Morgan fingerprint density at radius 1 is 1.33 bits per heavy atom. The van der Waals surface area contributed by atoms with Crippen molar-refractivity contribution >= 4 is 17.5 Å². The summed E-state index contributed by atoms with van der Waals surface area (Å²) in [5, 5.41) is 10.3. The Bertz CT molecular complexity index is 451. The molecule has 0 bridgehead atoms. The number of rotatable bonds is 1. The van der Waals surface area contributed by atoms with Crippen LogP contribution < -0.4 is 0 Å². The third-order valence-corrected chi connectivity index (χ3v) is 3.85. The molecule has 98 valence electrons. The molecule has 0 aromatic heterocycles. The molecule has 1 saturated heterocycles. The SMILES string of the molecule is C[C@@H]1CCC[C@H](C)N1C(=O)c1ccc(Cl)cc1O. The van der Waals surface area contributed by atoms with Gasteiger partial charge < -0.3 is 10.0 Å². The maximum Gasteiger partial charge on any atom is 0.258 e. The highest BCUT2D eigenvalue weighted by Gasteiger charge is 2.30. The second-order valence-electron chi connectivity index (χ2n) is 5.00. The number of amides is 1. The van der Waals surface area contributed by atoms with E-state index in [1.165, 1.54) is 6.07 Å². The van der Waals surface area contributed by atoms with E-state index in [-0.39, 0.29) is 23.7 Å². The van der Waals surface area contributed by atoms with Crippen molar-refractivity contribution in [2.45, 2.75) is 45.2 Å². The molecule has 0 spiro atoms. The summed E-state index contributed by atoms with van der Waals surface area (Å²) in [6, 6.07) is 5.07. The van der Waals surface area contributed by atoms with Crippen molar-refractivity contribution < 1.29 is 9.90 Å². The number of phenols is 1. The third-order valence-electron chi connectivity index (χ3n) is 3.62. The number of carbonyl (C=O) groups excluding carboxylic acids is 1. The minimum atomic E-state index is -0.108. The van der Waals surface area contributed by atoms with Crippen LogP contribution in [0.15, 0.2) is 18.2 Å². The first-order valence-electron chi connectivity index (χ1n) is 6.32. The number of benzene rings is 1. The summed E-state index contributed by atoms with van der Waals surface area (Å²) in [6.45, 7) is 4.11. The zero-order chi connectivity index (χ0) is 13.3. The van der Waals surface area contributed by atoms with Gasteiger partial charge >= 0.3 is 0 Å². The largest absolute Gasteiger partial charge is 0.507 e. The molecular formula is C14H18ClNO2. The number of phenolic OH excluding ortho intramolecular Hbond substituents is 1. The Morgan fingerprint density at radius 3 is 2.50 bits per heavy atom. The van der Waals surface area contributed by atoms with Crippen LogP contribution in [0.5, 0.6) is 5.75 Å². The van der Waals surface area contributed by atoms with Crippen LogP contribution >= 0.6 is 11.6 Å². The van der Waals surface area contributed by atoms with Gasteiger partial charge in [0.25, 0.3) is 5.91 Å². The highest BCUT2D eigenvalue weighted by atomic mass is 35.5. The van der Waals surface area contributed by atoms with Gasteiger partial charge in [-0.2, -0.15) is 0 Å².